The average molecular weight is 565 g/mol. The van der Waals surface area contributed by atoms with E-state index in [1.807, 2.05) is 28.8 Å². The van der Waals surface area contributed by atoms with Crippen molar-refractivity contribution in [1.82, 2.24) is 14.5 Å². The lowest BCUT2D eigenvalue weighted by atomic mass is 9.74. The van der Waals surface area contributed by atoms with Crippen molar-refractivity contribution in [3.63, 3.8) is 0 Å². The van der Waals surface area contributed by atoms with Gasteiger partial charge in [0.15, 0.2) is 5.69 Å². The Hall–Kier alpha value is -2.74. The highest BCUT2D eigenvalue weighted by atomic mass is 16.6. The fourth-order valence-corrected chi connectivity index (χ4v) is 8.47. The molecule has 4 atom stereocenters. The summed E-state index contributed by atoms with van der Waals surface area (Å²) in [6.07, 6.45) is 12.0. The van der Waals surface area contributed by atoms with Crippen LogP contribution in [0.4, 0.5) is 0 Å². The van der Waals surface area contributed by atoms with E-state index in [2.05, 4.69) is 35.8 Å². The molecule has 2 bridgehead atoms. The van der Waals surface area contributed by atoms with Crippen LogP contribution < -0.4 is 5.56 Å². The molecule has 5 rings (SSSR count). The molecule has 1 saturated carbocycles. The van der Waals surface area contributed by atoms with Crippen LogP contribution in [0, 0.1) is 17.8 Å². The fraction of sp³-hybridized carbons (Fsp3) is 0.697. The van der Waals surface area contributed by atoms with Gasteiger partial charge < -0.3 is 14.5 Å². The van der Waals surface area contributed by atoms with Gasteiger partial charge in [-0.25, -0.2) is 4.98 Å². The van der Waals surface area contributed by atoms with Gasteiger partial charge in [-0.2, -0.15) is 0 Å². The zero-order valence-electron chi connectivity index (χ0n) is 25.3. The largest absolute Gasteiger partial charge is 0.481 e. The lowest BCUT2D eigenvalue weighted by molar-refractivity contribution is -0.136. The van der Waals surface area contributed by atoms with Crippen LogP contribution in [0.5, 0.6) is 0 Å². The number of para-hydroxylation sites is 2. The first-order valence-electron chi connectivity index (χ1n) is 15.9. The number of benzene rings is 1. The van der Waals surface area contributed by atoms with Crippen LogP contribution >= 0.6 is 0 Å². The van der Waals surface area contributed by atoms with E-state index in [0.29, 0.717) is 23.8 Å². The summed E-state index contributed by atoms with van der Waals surface area (Å²) < 4.78 is 1.96. The van der Waals surface area contributed by atoms with Gasteiger partial charge in [0.05, 0.1) is 17.5 Å². The Kier molecular flexibility index (Phi) is 9.47. The molecule has 1 aromatic carbocycles. The maximum atomic E-state index is 14.2. The molecular formula is C33H48N4O4. The summed E-state index contributed by atoms with van der Waals surface area (Å²) in [5, 5.41) is 13.4. The third-order valence-corrected chi connectivity index (χ3v) is 10.0. The minimum atomic E-state index is -0.946. The van der Waals surface area contributed by atoms with Gasteiger partial charge in [-0.05, 0) is 81.3 Å². The van der Waals surface area contributed by atoms with Gasteiger partial charge >= 0.3 is 5.97 Å². The van der Waals surface area contributed by atoms with Gasteiger partial charge in [0.2, 0.25) is 0 Å². The Morgan fingerprint density at radius 2 is 1.63 bits per heavy atom. The Labute approximate surface area is 244 Å². The van der Waals surface area contributed by atoms with Crippen LogP contribution in [0.3, 0.4) is 0 Å². The fourth-order valence-electron chi connectivity index (χ4n) is 8.47. The number of hydrogen-bond acceptors (Lipinski definition) is 6. The predicted octanol–water partition coefficient (Wildman–Crippen LogP) is 6.41. The smallest absolute Gasteiger partial charge is 0.303 e. The van der Waals surface area contributed by atoms with E-state index in [-0.39, 0.29) is 30.1 Å². The number of carbonyl (C=O) groups is 1. The first-order chi connectivity index (χ1) is 19.8. The van der Waals surface area contributed by atoms with Crippen molar-refractivity contribution in [2.24, 2.45) is 22.9 Å². The second-order valence-corrected chi connectivity index (χ2v) is 13.1. The molecule has 4 unspecified atom stereocenters. The van der Waals surface area contributed by atoms with E-state index in [0.717, 1.165) is 41.6 Å². The standard InChI is InChI=1S/C33H48N4O4/c1-5-23-15-21(2)17-26(18-22(3)16-23)36-24-9-8-10-25(36)20-27(19-24)37-30-12-7-6-11-28(30)34-32(33(37)40)29(35-41-4)13-14-31(38)39/h6-7,11-12,21-27H,5,8-10,13-20H2,1-4H3,(H,38,39). The van der Waals surface area contributed by atoms with Crippen molar-refractivity contribution in [2.45, 2.75) is 122 Å². The second-order valence-electron chi connectivity index (χ2n) is 13.1. The molecule has 0 amide bonds. The SMILES string of the molecule is CCC1CC(C)CC(N2C3CCCC2CC(n2c(=O)c(C(CCC(=O)O)=NOC)nc4ccccc42)C3)CC(C)C1. The Bertz CT molecular complexity index is 1280. The molecule has 8 nitrogen and oxygen atoms in total. The number of rotatable bonds is 8. The number of hydrogen-bond donors (Lipinski definition) is 1. The summed E-state index contributed by atoms with van der Waals surface area (Å²) in [7, 11) is 1.41. The summed E-state index contributed by atoms with van der Waals surface area (Å²) in [6, 6.07) is 9.43. The predicted molar refractivity (Wildman–Crippen MR) is 162 cm³/mol. The average Bonchev–Trinajstić information content (AvgIpc) is 2.92. The molecule has 1 aromatic heterocycles. The van der Waals surface area contributed by atoms with Crippen LogP contribution in [0.15, 0.2) is 34.2 Å². The molecule has 1 N–H and O–H groups in total. The quantitative estimate of drug-likeness (QED) is 0.294. The molecule has 2 aliphatic heterocycles. The number of carboxylic acids is 1. The number of nitrogens with zero attached hydrogens (tertiary/aromatic N) is 4. The van der Waals surface area contributed by atoms with Gasteiger partial charge in [0, 0.05) is 30.6 Å². The number of carboxylic acid groups (broad SMARTS) is 1. The summed E-state index contributed by atoms with van der Waals surface area (Å²) in [5.74, 6) is 1.40. The number of aliphatic carboxylic acids is 1. The lowest BCUT2D eigenvalue weighted by Gasteiger charge is -2.54. The van der Waals surface area contributed by atoms with Gasteiger partial charge in [-0.15, -0.1) is 0 Å². The monoisotopic (exact) mass is 564 g/mol. The molecule has 3 heterocycles. The van der Waals surface area contributed by atoms with E-state index in [1.54, 1.807) is 0 Å². The van der Waals surface area contributed by atoms with Crippen molar-refractivity contribution in [1.29, 1.82) is 0 Å². The van der Waals surface area contributed by atoms with Crippen LogP contribution in [-0.4, -0.2) is 56.5 Å². The van der Waals surface area contributed by atoms with Gasteiger partial charge in [-0.1, -0.05) is 50.9 Å². The molecule has 3 fully saturated rings. The zero-order chi connectivity index (χ0) is 29.1. The number of fused-ring (bicyclic) bond motifs is 3. The highest BCUT2D eigenvalue weighted by Crippen LogP contribution is 2.44. The minimum absolute atomic E-state index is 0.0665. The van der Waals surface area contributed by atoms with E-state index in [9.17, 15) is 14.7 Å². The molecule has 1 aliphatic carbocycles. The second kappa shape index (κ2) is 13.1. The van der Waals surface area contributed by atoms with Crippen molar-refractivity contribution in [3.05, 3.63) is 40.3 Å². The first-order valence-corrected chi connectivity index (χ1v) is 15.9. The molecule has 0 radical (unpaired) electrons. The molecular weight excluding hydrogens is 516 g/mol. The maximum absolute atomic E-state index is 14.2. The Morgan fingerprint density at radius 3 is 2.24 bits per heavy atom. The Morgan fingerprint density at radius 1 is 0.976 bits per heavy atom. The van der Waals surface area contributed by atoms with Gasteiger partial charge in [-0.3, -0.25) is 14.5 Å². The van der Waals surface area contributed by atoms with E-state index in [4.69, 9.17) is 4.84 Å². The van der Waals surface area contributed by atoms with Crippen LogP contribution in [-0.2, 0) is 9.63 Å². The Balaban J connectivity index is 1.48. The number of piperidine rings is 2. The van der Waals surface area contributed by atoms with E-state index < -0.39 is 5.97 Å². The normalized spacial score (nSPS) is 31.4. The first kappa shape index (κ1) is 29.7. The summed E-state index contributed by atoms with van der Waals surface area (Å²) >= 11 is 0. The molecule has 3 aliphatic rings. The maximum Gasteiger partial charge on any atom is 0.303 e. The van der Waals surface area contributed by atoms with Gasteiger partial charge in [0.1, 0.15) is 12.8 Å². The molecule has 224 valence electrons. The molecule has 2 aromatic rings. The van der Waals surface area contributed by atoms with Crippen molar-refractivity contribution in [3.8, 4) is 0 Å². The summed E-state index contributed by atoms with van der Waals surface area (Å²) in [4.78, 5) is 38.1. The lowest BCUT2D eigenvalue weighted by Crippen LogP contribution is -2.58. The van der Waals surface area contributed by atoms with Gasteiger partial charge in [0.25, 0.3) is 5.56 Å². The highest BCUT2D eigenvalue weighted by molar-refractivity contribution is 6.00. The number of oxime groups is 1. The van der Waals surface area contributed by atoms with Crippen molar-refractivity contribution >= 4 is 22.7 Å². The topological polar surface area (TPSA) is 97.0 Å². The molecule has 0 spiro atoms. The van der Waals surface area contributed by atoms with Crippen LogP contribution in [0.25, 0.3) is 11.0 Å². The zero-order valence-corrected chi connectivity index (χ0v) is 25.3. The molecule has 2 saturated heterocycles. The number of aromatic nitrogens is 2. The summed E-state index contributed by atoms with van der Waals surface area (Å²) in [6.45, 7) is 7.27. The van der Waals surface area contributed by atoms with Crippen LogP contribution in [0.2, 0.25) is 0 Å². The van der Waals surface area contributed by atoms with Crippen molar-refractivity contribution in [2.75, 3.05) is 7.11 Å². The van der Waals surface area contributed by atoms with E-state index >= 15 is 0 Å². The summed E-state index contributed by atoms with van der Waals surface area (Å²) in [5.41, 5.74) is 1.86. The minimum Gasteiger partial charge on any atom is -0.481 e. The molecule has 41 heavy (non-hydrogen) atoms. The molecule has 8 heteroatoms. The van der Waals surface area contributed by atoms with Crippen LogP contribution in [0.1, 0.15) is 110 Å². The third kappa shape index (κ3) is 6.52. The third-order valence-electron chi connectivity index (χ3n) is 10.0. The van der Waals surface area contributed by atoms with Crippen molar-refractivity contribution < 1.29 is 14.7 Å². The van der Waals surface area contributed by atoms with E-state index in [1.165, 1.54) is 58.5 Å². The highest BCUT2D eigenvalue weighted by Gasteiger charge is 2.44.